The minimum atomic E-state index is 0. The van der Waals surface area contributed by atoms with Gasteiger partial charge in [-0.3, -0.25) is 4.99 Å². The monoisotopic (exact) mass is 508 g/mol. The van der Waals surface area contributed by atoms with E-state index in [0.29, 0.717) is 6.54 Å². The Labute approximate surface area is 191 Å². The van der Waals surface area contributed by atoms with Crippen LogP contribution < -0.4 is 15.5 Å². The average Bonchev–Trinajstić information content (AvgIpc) is 2.77. The molecule has 1 saturated heterocycles. The van der Waals surface area contributed by atoms with E-state index in [1.807, 2.05) is 12.3 Å². The summed E-state index contributed by atoms with van der Waals surface area (Å²) in [6.45, 7) is 10.5. The molecular weight excluding hydrogens is 475 g/mol. The molecule has 2 aromatic rings. The quantitative estimate of drug-likeness (QED) is 0.357. The first-order valence-electron chi connectivity index (χ1n) is 10.1. The molecule has 158 valence electrons. The van der Waals surface area contributed by atoms with E-state index in [1.165, 1.54) is 11.1 Å². The first kappa shape index (κ1) is 23.4. The number of hydrogen-bond acceptors (Lipinski definition) is 4. The Balaban J connectivity index is 0.00000300. The van der Waals surface area contributed by atoms with Crippen LogP contribution in [0.2, 0.25) is 0 Å². The number of nitrogens with one attached hydrogen (secondary N) is 2. The minimum Gasteiger partial charge on any atom is -0.354 e. The highest BCUT2D eigenvalue weighted by atomic mass is 127. The Hall–Kier alpha value is -1.87. The van der Waals surface area contributed by atoms with Crippen molar-refractivity contribution in [1.82, 2.24) is 20.5 Å². The minimum absolute atomic E-state index is 0. The molecule has 1 aliphatic heterocycles. The number of anilines is 1. The van der Waals surface area contributed by atoms with Crippen LogP contribution in [-0.2, 0) is 6.54 Å². The summed E-state index contributed by atoms with van der Waals surface area (Å²) in [5, 5.41) is 6.87. The third kappa shape index (κ3) is 6.85. The van der Waals surface area contributed by atoms with Gasteiger partial charge >= 0.3 is 0 Å². The lowest BCUT2D eigenvalue weighted by Gasteiger charge is -2.34. The summed E-state index contributed by atoms with van der Waals surface area (Å²) in [6, 6.07) is 14.8. The molecule has 6 nitrogen and oxygen atoms in total. The van der Waals surface area contributed by atoms with E-state index in [9.17, 15) is 0 Å². The lowest BCUT2D eigenvalue weighted by Crippen LogP contribution is -2.46. The Bertz CT molecular complexity index is 759. The lowest BCUT2D eigenvalue weighted by atomic mass is 10.1. The van der Waals surface area contributed by atoms with Crippen LogP contribution in [-0.4, -0.2) is 55.6 Å². The van der Waals surface area contributed by atoms with Crippen LogP contribution in [0.3, 0.4) is 0 Å². The maximum Gasteiger partial charge on any atom is 0.191 e. The Morgan fingerprint density at radius 3 is 2.52 bits per heavy atom. The van der Waals surface area contributed by atoms with Crippen molar-refractivity contribution >= 4 is 35.8 Å². The zero-order chi connectivity index (χ0) is 19.8. The van der Waals surface area contributed by atoms with Crippen molar-refractivity contribution in [3.05, 3.63) is 59.8 Å². The van der Waals surface area contributed by atoms with Crippen molar-refractivity contribution in [2.75, 3.05) is 44.7 Å². The van der Waals surface area contributed by atoms with Gasteiger partial charge < -0.3 is 20.4 Å². The van der Waals surface area contributed by atoms with E-state index in [0.717, 1.165) is 44.5 Å². The number of aromatic nitrogens is 1. The van der Waals surface area contributed by atoms with Crippen LogP contribution >= 0.6 is 24.0 Å². The first-order valence-corrected chi connectivity index (χ1v) is 10.1. The Kier molecular flexibility index (Phi) is 9.66. The second kappa shape index (κ2) is 12.0. The highest BCUT2D eigenvalue weighted by Gasteiger charge is 2.17. The number of benzene rings is 1. The van der Waals surface area contributed by atoms with Gasteiger partial charge in [-0.15, -0.1) is 24.0 Å². The molecule has 2 N–H and O–H groups in total. The van der Waals surface area contributed by atoms with Crippen LogP contribution in [0.5, 0.6) is 0 Å². The average molecular weight is 508 g/mol. The molecule has 0 saturated carbocycles. The largest absolute Gasteiger partial charge is 0.354 e. The fourth-order valence-corrected chi connectivity index (χ4v) is 3.45. The van der Waals surface area contributed by atoms with Crippen LogP contribution in [0.25, 0.3) is 0 Å². The predicted molar refractivity (Wildman–Crippen MR) is 132 cm³/mol. The van der Waals surface area contributed by atoms with E-state index < -0.39 is 0 Å². The normalized spacial score (nSPS) is 16.1. The molecular formula is C22H33IN6. The fourth-order valence-electron chi connectivity index (χ4n) is 3.45. The van der Waals surface area contributed by atoms with Crippen molar-refractivity contribution < 1.29 is 0 Å². The smallest absolute Gasteiger partial charge is 0.191 e. The van der Waals surface area contributed by atoms with Crippen LogP contribution in [0, 0.1) is 0 Å². The van der Waals surface area contributed by atoms with Gasteiger partial charge in [-0.2, -0.15) is 0 Å². The van der Waals surface area contributed by atoms with E-state index in [2.05, 4.69) is 80.7 Å². The summed E-state index contributed by atoms with van der Waals surface area (Å²) in [7, 11) is 1.80. The van der Waals surface area contributed by atoms with Gasteiger partial charge in [-0.05, 0) is 36.7 Å². The molecule has 0 radical (unpaired) electrons. The molecule has 0 amide bonds. The molecule has 1 aliphatic rings. The summed E-state index contributed by atoms with van der Waals surface area (Å²) in [4.78, 5) is 13.8. The standard InChI is InChI=1S/C22H32N6.HI/c1-4-27-12-14-28(15-13-27)21-16-19(10-11-24-21)17-25-22(23-3)26-18(2)20-8-6-5-7-9-20;/h5-11,16,18H,4,12-15,17H2,1-3H3,(H2,23,25,26);1H. The SMILES string of the molecule is CCN1CCN(c2cc(CNC(=NC)NC(C)c3ccccc3)ccn2)CC1.I. The molecule has 1 aromatic carbocycles. The number of rotatable bonds is 6. The Morgan fingerprint density at radius 1 is 1.14 bits per heavy atom. The molecule has 29 heavy (non-hydrogen) atoms. The van der Waals surface area contributed by atoms with E-state index in [-0.39, 0.29) is 30.0 Å². The number of aliphatic imine (C=N–C) groups is 1. The number of hydrogen-bond donors (Lipinski definition) is 2. The summed E-state index contributed by atoms with van der Waals surface area (Å²) in [5.41, 5.74) is 2.45. The maximum absolute atomic E-state index is 4.58. The molecule has 0 bridgehead atoms. The van der Waals surface area contributed by atoms with Gasteiger partial charge in [0, 0.05) is 46.0 Å². The van der Waals surface area contributed by atoms with Crippen LogP contribution in [0.15, 0.2) is 53.7 Å². The molecule has 0 aliphatic carbocycles. The van der Waals surface area contributed by atoms with Crippen molar-refractivity contribution in [3.8, 4) is 0 Å². The van der Waals surface area contributed by atoms with Crippen molar-refractivity contribution in [2.45, 2.75) is 26.4 Å². The summed E-state index contributed by atoms with van der Waals surface area (Å²) in [6.07, 6.45) is 1.90. The second-order valence-corrected chi connectivity index (χ2v) is 7.15. The highest BCUT2D eigenvalue weighted by molar-refractivity contribution is 14.0. The molecule has 1 atom stereocenters. The number of nitrogens with zero attached hydrogens (tertiary/aromatic N) is 4. The number of pyridine rings is 1. The van der Waals surface area contributed by atoms with E-state index in [4.69, 9.17) is 0 Å². The molecule has 1 unspecified atom stereocenters. The van der Waals surface area contributed by atoms with Crippen LogP contribution in [0.4, 0.5) is 5.82 Å². The zero-order valence-corrected chi connectivity index (χ0v) is 20.0. The van der Waals surface area contributed by atoms with Gasteiger partial charge in [0.15, 0.2) is 5.96 Å². The van der Waals surface area contributed by atoms with Gasteiger partial charge in [-0.25, -0.2) is 4.98 Å². The Morgan fingerprint density at radius 2 is 1.86 bits per heavy atom. The second-order valence-electron chi connectivity index (χ2n) is 7.15. The van der Waals surface area contributed by atoms with Crippen LogP contribution in [0.1, 0.15) is 31.0 Å². The van der Waals surface area contributed by atoms with Crippen molar-refractivity contribution in [2.24, 2.45) is 4.99 Å². The first-order chi connectivity index (χ1) is 13.7. The van der Waals surface area contributed by atoms with Crippen molar-refractivity contribution in [3.63, 3.8) is 0 Å². The van der Waals surface area contributed by atoms with Gasteiger partial charge in [0.25, 0.3) is 0 Å². The number of piperazine rings is 1. The highest BCUT2D eigenvalue weighted by Crippen LogP contribution is 2.15. The maximum atomic E-state index is 4.58. The van der Waals surface area contributed by atoms with Gasteiger partial charge in [0.1, 0.15) is 5.82 Å². The third-order valence-corrected chi connectivity index (χ3v) is 5.29. The summed E-state index contributed by atoms with van der Waals surface area (Å²) < 4.78 is 0. The number of guanidine groups is 1. The lowest BCUT2D eigenvalue weighted by molar-refractivity contribution is 0.270. The molecule has 7 heteroatoms. The van der Waals surface area contributed by atoms with Gasteiger partial charge in [0.05, 0.1) is 6.04 Å². The number of halogens is 1. The fraction of sp³-hybridized carbons (Fsp3) is 0.455. The zero-order valence-electron chi connectivity index (χ0n) is 17.6. The summed E-state index contributed by atoms with van der Waals surface area (Å²) >= 11 is 0. The van der Waals surface area contributed by atoms with Crippen molar-refractivity contribution in [1.29, 1.82) is 0 Å². The molecule has 1 aromatic heterocycles. The topological polar surface area (TPSA) is 55.8 Å². The van der Waals surface area contributed by atoms with E-state index in [1.54, 1.807) is 7.05 Å². The third-order valence-electron chi connectivity index (χ3n) is 5.29. The predicted octanol–water partition coefficient (Wildman–Crippen LogP) is 3.27. The van der Waals surface area contributed by atoms with E-state index >= 15 is 0 Å². The molecule has 0 spiro atoms. The van der Waals surface area contributed by atoms with Gasteiger partial charge in [-0.1, -0.05) is 37.3 Å². The molecule has 2 heterocycles. The summed E-state index contributed by atoms with van der Waals surface area (Å²) in [5.74, 6) is 1.86. The molecule has 1 fully saturated rings. The molecule has 3 rings (SSSR count). The van der Waals surface area contributed by atoms with Gasteiger partial charge in [0.2, 0.25) is 0 Å². The number of likely N-dealkylation sites (N-methyl/N-ethyl adjacent to an activating group) is 1.